The van der Waals surface area contributed by atoms with Crippen LogP contribution in [0.25, 0.3) is 0 Å². The highest BCUT2D eigenvalue weighted by molar-refractivity contribution is 5.86. The molecule has 0 spiro atoms. The van der Waals surface area contributed by atoms with E-state index < -0.39 is 5.97 Å². The topological polar surface area (TPSA) is 52.6 Å². The van der Waals surface area contributed by atoms with Crippen LogP contribution in [0.2, 0.25) is 0 Å². The molecule has 2 N–H and O–H groups in total. The van der Waals surface area contributed by atoms with Gasteiger partial charge in [0.15, 0.2) is 0 Å². The maximum Gasteiger partial charge on any atom is 0.352 e. The lowest BCUT2D eigenvalue weighted by Gasteiger charge is -2.25. The smallest absolute Gasteiger partial charge is 0.352 e. The average molecular weight is 168 g/mol. The first-order valence-corrected chi connectivity index (χ1v) is 3.66. The molecule has 0 saturated carbocycles. The largest absolute Gasteiger partial charge is 0.477 e. The number of hydrogen-bond acceptors (Lipinski definition) is 3. The summed E-state index contributed by atoms with van der Waals surface area (Å²) in [5.41, 5.74) is 0.233. The molecule has 0 bridgehead atoms. The van der Waals surface area contributed by atoms with E-state index in [-0.39, 0.29) is 11.9 Å². The highest BCUT2D eigenvalue weighted by Crippen LogP contribution is 2.03. The lowest BCUT2D eigenvalue weighted by Crippen LogP contribution is -2.42. The number of hydrogen-bond donors (Lipinski definition) is 2. The van der Waals surface area contributed by atoms with Crippen LogP contribution in [0.3, 0.4) is 0 Å². The summed E-state index contributed by atoms with van der Waals surface area (Å²) >= 11 is 0. The highest BCUT2D eigenvalue weighted by Gasteiger charge is 2.15. The monoisotopic (exact) mass is 168 g/mol. The first kappa shape index (κ1) is 8.80. The molecule has 0 fully saturated rings. The molecule has 0 aromatic rings. The van der Waals surface area contributed by atoms with Crippen molar-refractivity contribution in [2.24, 2.45) is 0 Å². The van der Waals surface area contributed by atoms with Crippen molar-refractivity contribution in [3.05, 3.63) is 23.9 Å². The van der Waals surface area contributed by atoms with Gasteiger partial charge in [-0.25, -0.2) is 4.79 Å². The summed E-state index contributed by atoms with van der Waals surface area (Å²) in [6.07, 6.45) is 5.15. The molecule has 1 aliphatic heterocycles. The predicted molar refractivity (Wildman–Crippen MR) is 45.5 cm³/mol. The summed E-state index contributed by atoms with van der Waals surface area (Å²) in [7, 11) is 3.76. The Balaban J connectivity index is 2.67. The second-order valence-electron chi connectivity index (χ2n) is 2.82. The van der Waals surface area contributed by atoms with E-state index in [0.29, 0.717) is 0 Å². The van der Waals surface area contributed by atoms with Crippen molar-refractivity contribution in [2.45, 2.75) is 6.17 Å². The molecular weight excluding hydrogens is 156 g/mol. The fraction of sp³-hybridized carbons (Fsp3) is 0.375. The van der Waals surface area contributed by atoms with Gasteiger partial charge in [-0.2, -0.15) is 0 Å². The van der Waals surface area contributed by atoms with Gasteiger partial charge in [-0.1, -0.05) is 6.08 Å². The summed E-state index contributed by atoms with van der Waals surface area (Å²) in [5.74, 6) is -0.925. The zero-order chi connectivity index (χ0) is 9.14. The second-order valence-corrected chi connectivity index (χ2v) is 2.82. The van der Waals surface area contributed by atoms with Gasteiger partial charge in [0.25, 0.3) is 0 Å². The molecule has 0 saturated heterocycles. The summed E-state index contributed by atoms with van der Waals surface area (Å²) < 4.78 is 0. The molecule has 4 heteroatoms. The van der Waals surface area contributed by atoms with Crippen LogP contribution in [0.15, 0.2) is 23.9 Å². The molecular formula is C8H12N2O2. The van der Waals surface area contributed by atoms with Crippen molar-refractivity contribution < 1.29 is 9.90 Å². The van der Waals surface area contributed by atoms with Gasteiger partial charge < -0.3 is 10.4 Å². The quantitative estimate of drug-likeness (QED) is 0.609. The Bertz CT molecular complexity index is 243. The summed E-state index contributed by atoms with van der Waals surface area (Å²) in [4.78, 5) is 12.4. The van der Waals surface area contributed by atoms with E-state index in [1.54, 1.807) is 12.2 Å². The maximum atomic E-state index is 10.5. The Morgan fingerprint density at radius 3 is 2.83 bits per heavy atom. The molecule has 66 valence electrons. The molecule has 12 heavy (non-hydrogen) atoms. The Morgan fingerprint density at radius 1 is 1.67 bits per heavy atom. The molecule has 1 unspecified atom stereocenters. The number of likely N-dealkylation sites (N-methyl/N-ethyl adjacent to an activating group) is 1. The second kappa shape index (κ2) is 3.40. The van der Waals surface area contributed by atoms with Crippen LogP contribution in [-0.4, -0.2) is 36.2 Å². The summed E-state index contributed by atoms with van der Waals surface area (Å²) in [5, 5.41) is 11.5. The number of nitrogens with one attached hydrogen (secondary N) is 1. The van der Waals surface area contributed by atoms with Crippen molar-refractivity contribution in [3.63, 3.8) is 0 Å². The number of allylic oxidation sites excluding steroid dienone is 2. The van der Waals surface area contributed by atoms with Gasteiger partial charge in [0.2, 0.25) is 0 Å². The van der Waals surface area contributed by atoms with Crippen molar-refractivity contribution in [3.8, 4) is 0 Å². The van der Waals surface area contributed by atoms with Gasteiger partial charge in [0.05, 0.1) is 6.17 Å². The van der Waals surface area contributed by atoms with Crippen LogP contribution in [-0.2, 0) is 4.79 Å². The van der Waals surface area contributed by atoms with Crippen LogP contribution < -0.4 is 5.32 Å². The Kier molecular flexibility index (Phi) is 2.50. The van der Waals surface area contributed by atoms with Gasteiger partial charge in [-0.3, -0.25) is 4.90 Å². The van der Waals surface area contributed by atoms with Crippen molar-refractivity contribution in [2.75, 3.05) is 14.1 Å². The highest BCUT2D eigenvalue weighted by atomic mass is 16.4. The van der Waals surface area contributed by atoms with E-state index in [1.165, 1.54) is 0 Å². The predicted octanol–water partition coefficient (Wildman–Crippen LogP) is 0.00200. The molecule has 1 heterocycles. The van der Waals surface area contributed by atoms with Crippen LogP contribution in [0, 0.1) is 0 Å². The van der Waals surface area contributed by atoms with E-state index in [4.69, 9.17) is 5.11 Å². The third kappa shape index (κ3) is 1.85. The van der Waals surface area contributed by atoms with Gasteiger partial charge in [0, 0.05) is 0 Å². The normalized spacial score (nSPS) is 21.9. The standard InChI is InChI=1S/C8H12N2O2/c1-10(2)7-5-3-4-6(9-7)8(11)12/h3-5,7,9H,1-2H3,(H,11,12). The van der Waals surface area contributed by atoms with Gasteiger partial charge in [-0.05, 0) is 26.2 Å². The number of dihydropyridines is 1. The SMILES string of the molecule is CN(C)C1C=CC=C(C(=O)O)N1. The Morgan fingerprint density at radius 2 is 2.33 bits per heavy atom. The van der Waals surface area contributed by atoms with E-state index in [2.05, 4.69) is 5.32 Å². The molecule has 0 aliphatic carbocycles. The lowest BCUT2D eigenvalue weighted by molar-refractivity contribution is -0.133. The molecule has 1 rings (SSSR count). The fourth-order valence-electron chi connectivity index (χ4n) is 0.947. The molecule has 0 amide bonds. The summed E-state index contributed by atoms with van der Waals surface area (Å²) in [6.45, 7) is 0. The number of carbonyl (C=O) groups is 1. The van der Waals surface area contributed by atoms with Gasteiger partial charge >= 0.3 is 5.97 Å². The third-order valence-corrected chi connectivity index (χ3v) is 1.65. The minimum atomic E-state index is -0.925. The number of carboxylic acid groups (broad SMARTS) is 1. The number of rotatable bonds is 2. The third-order valence-electron chi connectivity index (χ3n) is 1.65. The first-order chi connectivity index (χ1) is 5.61. The summed E-state index contributed by atoms with van der Waals surface area (Å²) in [6, 6.07) is 0. The number of aliphatic carboxylic acids is 1. The number of carboxylic acids is 1. The zero-order valence-corrected chi connectivity index (χ0v) is 7.11. The van der Waals surface area contributed by atoms with Crippen LogP contribution >= 0.6 is 0 Å². The first-order valence-electron chi connectivity index (χ1n) is 3.66. The molecule has 1 aliphatic rings. The minimum Gasteiger partial charge on any atom is -0.477 e. The van der Waals surface area contributed by atoms with Crippen molar-refractivity contribution in [1.29, 1.82) is 0 Å². The van der Waals surface area contributed by atoms with Crippen LogP contribution in [0.5, 0.6) is 0 Å². The Hall–Kier alpha value is -1.29. The van der Waals surface area contributed by atoms with Gasteiger partial charge in [-0.15, -0.1) is 0 Å². The van der Waals surface area contributed by atoms with E-state index in [9.17, 15) is 4.79 Å². The van der Waals surface area contributed by atoms with Crippen LogP contribution in [0.4, 0.5) is 0 Å². The Labute approximate surface area is 71.2 Å². The molecule has 1 atom stereocenters. The lowest BCUT2D eigenvalue weighted by atomic mass is 10.2. The molecule has 0 aromatic heterocycles. The average Bonchev–Trinajstić information content (AvgIpc) is 2.04. The number of nitrogens with zero attached hydrogens (tertiary/aromatic N) is 1. The van der Waals surface area contributed by atoms with Gasteiger partial charge in [0.1, 0.15) is 5.70 Å². The molecule has 0 radical (unpaired) electrons. The van der Waals surface area contributed by atoms with Crippen molar-refractivity contribution >= 4 is 5.97 Å². The molecule has 0 aromatic carbocycles. The van der Waals surface area contributed by atoms with Crippen molar-refractivity contribution in [1.82, 2.24) is 10.2 Å². The zero-order valence-electron chi connectivity index (χ0n) is 7.11. The fourth-order valence-corrected chi connectivity index (χ4v) is 0.947. The van der Waals surface area contributed by atoms with Crippen LogP contribution in [0.1, 0.15) is 0 Å². The maximum absolute atomic E-state index is 10.5. The minimum absolute atomic E-state index is 0.0268. The van der Waals surface area contributed by atoms with E-state index in [0.717, 1.165) is 0 Å². The molecule has 4 nitrogen and oxygen atoms in total. The van der Waals surface area contributed by atoms with E-state index in [1.807, 2.05) is 25.1 Å². The van der Waals surface area contributed by atoms with E-state index >= 15 is 0 Å².